The maximum absolute atomic E-state index is 4.38. The summed E-state index contributed by atoms with van der Waals surface area (Å²) in [5.74, 6) is 0.858. The smallest absolute Gasteiger partial charge is 0.195 e. The molecule has 0 saturated heterocycles. The number of hydrogen-bond donors (Lipinski definition) is 1. The van der Waals surface area contributed by atoms with Crippen LogP contribution in [0.1, 0.15) is 39.5 Å². The van der Waals surface area contributed by atoms with Crippen molar-refractivity contribution in [3.63, 3.8) is 0 Å². The minimum Gasteiger partial charge on any atom is -0.313 e. The Labute approximate surface area is 130 Å². The van der Waals surface area contributed by atoms with Gasteiger partial charge in [-0.3, -0.25) is 4.40 Å². The monoisotopic (exact) mass is 304 g/mol. The van der Waals surface area contributed by atoms with Gasteiger partial charge < -0.3 is 5.32 Å². The second kappa shape index (κ2) is 6.79. The van der Waals surface area contributed by atoms with Gasteiger partial charge in [-0.05, 0) is 43.9 Å². The molecule has 0 bridgehead atoms. The molecule has 114 valence electrons. The molecule has 3 atom stereocenters. The molecule has 21 heavy (non-hydrogen) atoms. The Balaban J connectivity index is 1.79. The highest BCUT2D eigenvalue weighted by Crippen LogP contribution is 2.37. The van der Waals surface area contributed by atoms with Crippen molar-refractivity contribution >= 4 is 17.4 Å². The van der Waals surface area contributed by atoms with Crippen LogP contribution in [0.4, 0.5) is 0 Å². The summed E-state index contributed by atoms with van der Waals surface area (Å²) in [4.78, 5) is 0. The van der Waals surface area contributed by atoms with Crippen LogP contribution in [0.25, 0.3) is 5.65 Å². The molecule has 1 aliphatic carbocycles. The topological polar surface area (TPSA) is 42.2 Å². The van der Waals surface area contributed by atoms with Crippen LogP contribution < -0.4 is 5.32 Å². The maximum atomic E-state index is 4.38. The van der Waals surface area contributed by atoms with Crippen molar-refractivity contribution < 1.29 is 0 Å². The number of pyridine rings is 1. The lowest BCUT2D eigenvalue weighted by molar-refractivity contribution is 0.297. The van der Waals surface area contributed by atoms with Crippen LogP contribution in [0.15, 0.2) is 29.6 Å². The first-order valence-corrected chi connectivity index (χ1v) is 8.89. The highest BCUT2D eigenvalue weighted by atomic mass is 32.2. The van der Waals surface area contributed by atoms with Gasteiger partial charge in [-0.2, -0.15) is 0 Å². The second-order valence-electron chi connectivity index (χ2n) is 5.82. The van der Waals surface area contributed by atoms with Crippen molar-refractivity contribution in [1.82, 2.24) is 19.9 Å². The fourth-order valence-corrected chi connectivity index (χ4v) is 4.64. The minimum absolute atomic E-state index is 0.594. The van der Waals surface area contributed by atoms with Crippen LogP contribution in [-0.4, -0.2) is 32.4 Å². The van der Waals surface area contributed by atoms with E-state index in [1.165, 1.54) is 25.7 Å². The summed E-state index contributed by atoms with van der Waals surface area (Å²) < 4.78 is 2.10. The summed E-state index contributed by atoms with van der Waals surface area (Å²) in [6.07, 6.45) is 7.25. The van der Waals surface area contributed by atoms with E-state index >= 15 is 0 Å². The van der Waals surface area contributed by atoms with Gasteiger partial charge in [-0.15, -0.1) is 10.2 Å². The van der Waals surface area contributed by atoms with Crippen molar-refractivity contribution in [1.29, 1.82) is 0 Å². The minimum atomic E-state index is 0.594. The van der Waals surface area contributed by atoms with E-state index < -0.39 is 0 Å². The molecule has 1 N–H and O–H groups in total. The van der Waals surface area contributed by atoms with Crippen LogP contribution in [-0.2, 0) is 0 Å². The van der Waals surface area contributed by atoms with Gasteiger partial charge in [0.05, 0.1) is 0 Å². The Kier molecular flexibility index (Phi) is 4.80. The van der Waals surface area contributed by atoms with Gasteiger partial charge in [0.2, 0.25) is 0 Å². The van der Waals surface area contributed by atoms with Gasteiger partial charge in [0.1, 0.15) is 0 Å². The molecule has 5 heteroatoms. The van der Waals surface area contributed by atoms with E-state index in [4.69, 9.17) is 0 Å². The lowest BCUT2D eigenvalue weighted by Crippen LogP contribution is -2.42. The molecule has 2 heterocycles. The highest BCUT2D eigenvalue weighted by Gasteiger charge is 2.31. The van der Waals surface area contributed by atoms with Crippen molar-refractivity contribution in [3.05, 3.63) is 24.4 Å². The molecule has 0 radical (unpaired) electrons. The van der Waals surface area contributed by atoms with Gasteiger partial charge >= 0.3 is 0 Å². The zero-order chi connectivity index (χ0) is 14.7. The summed E-state index contributed by atoms with van der Waals surface area (Å²) >= 11 is 1.89. The normalized spacial score (nSPS) is 26.3. The molecule has 2 aromatic rings. The van der Waals surface area contributed by atoms with E-state index in [1.54, 1.807) is 0 Å². The van der Waals surface area contributed by atoms with E-state index in [1.807, 2.05) is 30.0 Å². The van der Waals surface area contributed by atoms with E-state index in [2.05, 4.69) is 40.0 Å². The number of nitrogens with one attached hydrogen (secondary N) is 1. The van der Waals surface area contributed by atoms with Crippen LogP contribution in [0.2, 0.25) is 0 Å². The van der Waals surface area contributed by atoms with Crippen molar-refractivity contribution in [2.45, 2.75) is 56.0 Å². The molecule has 0 aliphatic heterocycles. The lowest BCUT2D eigenvalue weighted by atomic mass is 9.84. The number of thioether (sulfide) groups is 1. The number of nitrogens with zero attached hydrogens (tertiary/aromatic N) is 3. The SMILES string of the molecule is CCNC1CCC(CC)CC1Sc1nnc2ccccn12. The summed E-state index contributed by atoms with van der Waals surface area (Å²) in [6, 6.07) is 6.65. The Morgan fingerprint density at radius 1 is 1.29 bits per heavy atom. The molecule has 1 saturated carbocycles. The average Bonchev–Trinajstić information content (AvgIpc) is 2.92. The summed E-state index contributed by atoms with van der Waals surface area (Å²) in [6.45, 7) is 5.55. The Morgan fingerprint density at radius 2 is 2.19 bits per heavy atom. The van der Waals surface area contributed by atoms with Gasteiger partial charge in [0, 0.05) is 17.5 Å². The van der Waals surface area contributed by atoms with E-state index in [-0.39, 0.29) is 0 Å². The summed E-state index contributed by atoms with van der Waals surface area (Å²) in [5.41, 5.74) is 0.933. The fourth-order valence-electron chi connectivity index (χ4n) is 3.24. The molecule has 3 rings (SSSR count). The van der Waals surface area contributed by atoms with Crippen LogP contribution in [0.3, 0.4) is 0 Å². The largest absolute Gasteiger partial charge is 0.313 e. The predicted octanol–water partition coefficient (Wildman–Crippen LogP) is 3.38. The van der Waals surface area contributed by atoms with Gasteiger partial charge in [0.15, 0.2) is 10.8 Å². The van der Waals surface area contributed by atoms with Gasteiger partial charge in [-0.1, -0.05) is 38.1 Å². The Morgan fingerprint density at radius 3 is 3.00 bits per heavy atom. The molecule has 4 nitrogen and oxygen atoms in total. The molecular formula is C16H24N4S. The fraction of sp³-hybridized carbons (Fsp3) is 0.625. The molecule has 0 aromatic carbocycles. The van der Waals surface area contributed by atoms with Gasteiger partial charge in [-0.25, -0.2) is 0 Å². The standard InChI is InChI=1S/C16H24N4S/c1-3-12-8-9-13(17-4-2)14(11-12)21-16-19-18-15-7-5-6-10-20(15)16/h5-7,10,12-14,17H,3-4,8-9,11H2,1-2H3. The first-order chi connectivity index (χ1) is 10.3. The molecule has 3 unspecified atom stereocenters. The number of fused-ring (bicyclic) bond motifs is 1. The number of rotatable bonds is 5. The quantitative estimate of drug-likeness (QED) is 0.919. The zero-order valence-electron chi connectivity index (χ0n) is 12.8. The highest BCUT2D eigenvalue weighted by molar-refractivity contribution is 7.99. The van der Waals surface area contributed by atoms with Crippen LogP contribution >= 0.6 is 11.8 Å². The molecule has 0 amide bonds. The predicted molar refractivity (Wildman–Crippen MR) is 87.7 cm³/mol. The van der Waals surface area contributed by atoms with Crippen molar-refractivity contribution in [2.75, 3.05) is 6.54 Å². The van der Waals surface area contributed by atoms with E-state index in [9.17, 15) is 0 Å². The van der Waals surface area contributed by atoms with E-state index in [0.29, 0.717) is 11.3 Å². The number of hydrogen-bond acceptors (Lipinski definition) is 4. The van der Waals surface area contributed by atoms with Crippen molar-refractivity contribution in [2.24, 2.45) is 5.92 Å². The second-order valence-corrected chi connectivity index (χ2v) is 7.03. The average molecular weight is 304 g/mol. The molecule has 2 aromatic heterocycles. The van der Waals surface area contributed by atoms with Crippen molar-refractivity contribution in [3.8, 4) is 0 Å². The van der Waals surface area contributed by atoms with E-state index in [0.717, 1.165) is 23.3 Å². The summed E-state index contributed by atoms with van der Waals surface area (Å²) in [5, 5.41) is 13.9. The molecule has 1 fully saturated rings. The maximum Gasteiger partial charge on any atom is 0.195 e. The van der Waals surface area contributed by atoms with Gasteiger partial charge in [0.25, 0.3) is 0 Å². The summed E-state index contributed by atoms with van der Waals surface area (Å²) in [7, 11) is 0. The lowest BCUT2D eigenvalue weighted by Gasteiger charge is -2.35. The third-order valence-electron chi connectivity index (χ3n) is 4.48. The Bertz CT molecular complexity index is 582. The Hall–Kier alpha value is -1.07. The third-order valence-corrected chi connectivity index (χ3v) is 5.80. The molecule has 0 spiro atoms. The van der Waals surface area contributed by atoms with Crippen LogP contribution in [0.5, 0.6) is 0 Å². The molecular weight excluding hydrogens is 280 g/mol. The first-order valence-electron chi connectivity index (χ1n) is 8.01. The van der Waals surface area contributed by atoms with Crippen LogP contribution in [0, 0.1) is 5.92 Å². The third kappa shape index (κ3) is 3.24. The first kappa shape index (κ1) is 14.9. The zero-order valence-corrected chi connectivity index (χ0v) is 13.6. The number of aromatic nitrogens is 3. The molecule has 1 aliphatic rings.